The minimum Gasteiger partial charge on any atom is -0.356 e. The standard InChI is InChI=1S/C14H16F3N3O2/c15-14(16,17)10-3-8(7-18)4-11(6-10)20-13(22)9-1-2-19-12(21)5-9/h3-4,6,9H,1-2,5,7,18H2,(H,19,21)(H,20,22). The highest BCUT2D eigenvalue weighted by Gasteiger charge is 2.32. The van der Waals surface area contributed by atoms with Crippen molar-refractivity contribution >= 4 is 17.5 Å². The number of piperidine rings is 1. The SMILES string of the molecule is NCc1cc(NC(=O)C2CCNC(=O)C2)cc(C(F)(F)F)c1. The molecule has 5 nitrogen and oxygen atoms in total. The summed E-state index contributed by atoms with van der Waals surface area (Å²) in [4.78, 5) is 23.3. The lowest BCUT2D eigenvalue weighted by Gasteiger charge is -2.21. The number of anilines is 1. The normalized spacial score (nSPS) is 18.7. The van der Waals surface area contributed by atoms with E-state index in [0.717, 1.165) is 12.1 Å². The zero-order chi connectivity index (χ0) is 16.3. The fourth-order valence-corrected chi connectivity index (χ4v) is 2.30. The molecule has 0 aliphatic carbocycles. The predicted octanol–water partition coefficient (Wildman–Crippen LogP) is 1.63. The fraction of sp³-hybridized carbons (Fsp3) is 0.429. The Morgan fingerprint density at radius 3 is 2.68 bits per heavy atom. The molecule has 2 amide bonds. The van der Waals surface area contributed by atoms with Crippen molar-refractivity contribution in [1.82, 2.24) is 5.32 Å². The molecule has 8 heteroatoms. The van der Waals surface area contributed by atoms with Gasteiger partial charge in [-0.3, -0.25) is 9.59 Å². The number of nitrogens with two attached hydrogens (primary N) is 1. The van der Waals surface area contributed by atoms with Crippen LogP contribution < -0.4 is 16.4 Å². The summed E-state index contributed by atoms with van der Waals surface area (Å²) in [5.41, 5.74) is 4.82. The summed E-state index contributed by atoms with van der Waals surface area (Å²) in [7, 11) is 0. The van der Waals surface area contributed by atoms with E-state index in [1.165, 1.54) is 6.07 Å². The molecule has 1 heterocycles. The number of nitrogens with one attached hydrogen (secondary N) is 2. The molecule has 1 fully saturated rings. The van der Waals surface area contributed by atoms with Crippen molar-refractivity contribution in [2.75, 3.05) is 11.9 Å². The molecule has 0 radical (unpaired) electrons. The van der Waals surface area contributed by atoms with Crippen molar-refractivity contribution in [2.45, 2.75) is 25.6 Å². The van der Waals surface area contributed by atoms with E-state index < -0.39 is 23.6 Å². The molecule has 1 aliphatic rings. The summed E-state index contributed by atoms with van der Waals surface area (Å²) in [5.74, 6) is -1.24. The van der Waals surface area contributed by atoms with Crippen LogP contribution in [0.2, 0.25) is 0 Å². The lowest BCUT2D eigenvalue weighted by atomic mass is 9.96. The molecule has 4 N–H and O–H groups in total. The smallest absolute Gasteiger partial charge is 0.356 e. The van der Waals surface area contributed by atoms with E-state index >= 15 is 0 Å². The molecule has 1 aromatic rings. The third kappa shape index (κ3) is 3.97. The third-order valence-corrected chi connectivity index (χ3v) is 3.44. The van der Waals surface area contributed by atoms with Crippen molar-refractivity contribution in [1.29, 1.82) is 0 Å². The van der Waals surface area contributed by atoms with Crippen molar-refractivity contribution in [3.05, 3.63) is 29.3 Å². The first-order valence-corrected chi connectivity index (χ1v) is 6.78. The Balaban J connectivity index is 2.17. The van der Waals surface area contributed by atoms with E-state index in [9.17, 15) is 22.8 Å². The van der Waals surface area contributed by atoms with Gasteiger partial charge in [-0.05, 0) is 30.2 Å². The molecule has 0 bridgehead atoms. The van der Waals surface area contributed by atoms with Crippen LogP contribution >= 0.6 is 0 Å². The molecule has 22 heavy (non-hydrogen) atoms. The van der Waals surface area contributed by atoms with Crippen molar-refractivity contribution in [2.24, 2.45) is 11.7 Å². The third-order valence-electron chi connectivity index (χ3n) is 3.44. The lowest BCUT2D eigenvalue weighted by molar-refractivity contribution is -0.137. The van der Waals surface area contributed by atoms with Gasteiger partial charge >= 0.3 is 6.18 Å². The molecule has 0 spiro atoms. The van der Waals surface area contributed by atoms with Gasteiger partial charge in [-0.1, -0.05) is 0 Å². The molecule has 1 unspecified atom stereocenters. The van der Waals surface area contributed by atoms with E-state index in [-0.39, 0.29) is 30.1 Å². The highest BCUT2D eigenvalue weighted by atomic mass is 19.4. The van der Waals surface area contributed by atoms with Gasteiger partial charge in [0.1, 0.15) is 0 Å². The number of benzene rings is 1. The topological polar surface area (TPSA) is 84.2 Å². The Morgan fingerprint density at radius 2 is 2.09 bits per heavy atom. The zero-order valence-electron chi connectivity index (χ0n) is 11.7. The summed E-state index contributed by atoms with van der Waals surface area (Å²) >= 11 is 0. The summed E-state index contributed by atoms with van der Waals surface area (Å²) in [6.45, 7) is 0.312. The number of alkyl halides is 3. The molecule has 0 saturated carbocycles. The highest BCUT2D eigenvalue weighted by Crippen LogP contribution is 2.32. The van der Waals surface area contributed by atoms with Gasteiger partial charge in [-0.15, -0.1) is 0 Å². The van der Waals surface area contributed by atoms with Crippen LogP contribution in [0.3, 0.4) is 0 Å². The van der Waals surface area contributed by atoms with Gasteiger partial charge < -0.3 is 16.4 Å². The molecular weight excluding hydrogens is 299 g/mol. The second-order valence-electron chi connectivity index (χ2n) is 5.15. The van der Waals surface area contributed by atoms with E-state index in [1.54, 1.807) is 0 Å². The van der Waals surface area contributed by atoms with Crippen LogP contribution in [0, 0.1) is 5.92 Å². The first-order valence-electron chi connectivity index (χ1n) is 6.78. The highest BCUT2D eigenvalue weighted by molar-refractivity contribution is 5.95. The summed E-state index contributed by atoms with van der Waals surface area (Å²) in [6.07, 6.45) is -4.02. The zero-order valence-corrected chi connectivity index (χ0v) is 11.7. The predicted molar refractivity (Wildman–Crippen MR) is 73.7 cm³/mol. The quantitative estimate of drug-likeness (QED) is 0.792. The van der Waals surface area contributed by atoms with Gasteiger partial charge in [0.15, 0.2) is 0 Å². The number of amides is 2. The van der Waals surface area contributed by atoms with Gasteiger partial charge in [-0.2, -0.15) is 13.2 Å². The second-order valence-corrected chi connectivity index (χ2v) is 5.15. The molecule has 120 valence electrons. The molecule has 1 aromatic carbocycles. The van der Waals surface area contributed by atoms with Gasteiger partial charge in [0.2, 0.25) is 11.8 Å². The Labute approximate surface area is 125 Å². The maximum absolute atomic E-state index is 12.8. The van der Waals surface area contributed by atoms with Gasteiger partial charge in [0.05, 0.1) is 5.56 Å². The second kappa shape index (κ2) is 6.35. The molecule has 1 aliphatic heterocycles. The van der Waals surface area contributed by atoms with Crippen LogP contribution in [0.15, 0.2) is 18.2 Å². The van der Waals surface area contributed by atoms with Crippen molar-refractivity contribution in [3.63, 3.8) is 0 Å². The largest absolute Gasteiger partial charge is 0.416 e. The van der Waals surface area contributed by atoms with Crippen LogP contribution in [-0.2, 0) is 22.3 Å². The minimum absolute atomic E-state index is 0.0336. The van der Waals surface area contributed by atoms with Crippen LogP contribution in [0.5, 0.6) is 0 Å². The van der Waals surface area contributed by atoms with Gasteiger partial charge in [-0.25, -0.2) is 0 Å². The minimum atomic E-state index is -4.52. The lowest BCUT2D eigenvalue weighted by Crippen LogP contribution is -2.38. The Bertz CT molecular complexity index is 587. The van der Waals surface area contributed by atoms with Crippen LogP contribution in [0.4, 0.5) is 18.9 Å². The average Bonchev–Trinajstić information content (AvgIpc) is 2.46. The first kappa shape index (κ1) is 16.3. The summed E-state index contributed by atoms with van der Waals surface area (Å²) in [6, 6.07) is 3.21. The van der Waals surface area contributed by atoms with E-state index in [2.05, 4.69) is 10.6 Å². The monoisotopic (exact) mass is 315 g/mol. The number of carbonyl (C=O) groups is 2. The first-order chi connectivity index (χ1) is 10.3. The van der Waals surface area contributed by atoms with E-state index in [0.29, 0.717) is 13.0 Å². The van der Waals surface area contributed by atoms with Gasteiger partial charge in [0, 0.05) is 31.1 Å². The summed E-state index contributed by atoms with van der Waals surface area (Å²) < 4.78 is 38.5. The number of rotatable bonds is 3. The van der Waals surface area contributed by atoms with Crippen LogP contribution in [0.1, 0.15) is 24.0 Å². The number of hydrogen-bond donors (Lipinski definition) is 3. The molecule has 0 aromatic heterocycles. The fourth-order valence-electron chi connectivity index (χ4n) is 2.30. The van der Waals surface area contributed by atoms with Crippen LogP contribution in [0.25, 0.3) is 0 Å². The Morgan fingerprint density at radius 1 is 1.36 bits per heavy atom. The molecule has 2 rings (SSSR count). The Kier molecular flexibility index (Phi) is 4.70. The number of hydrogen-bond acceptors (Lipinski definition) is 3. The average molecular weight is 315 g/mol. The van der Waals surface area contributed by atoms with E-state index in [4.69, 9.17) is 5.73 Å². The van der Waals surface area contributed by atoms with Crippen molar-refractivity contribution < 1.29 is 22.8 Å². The maximum Gasteiger partial charge on any atom is 0.416 e. The molecular formula is C14H16F3N3O2. The molecule has 1 atom stereocenters. The van der Waals surface area contributed by atoms with Gasteiger partial charge in [0.25, 0.3) is 0 Å². The number of carbonyl (C=O) groups excluding carboxylic acids is 2. The molecule has 1 saturated heterocycles. The van der Waals surface area contributed by atoms with Crippen LogP contribution in [-0.4, -0.2) is 18.4 Å². The Hall–Kier alpha value is -2.09. The van der Waals surface area contributed by atoms with E-state index in [1.807, 2.05) is 0 Å². The summed E-state index contributed by atoms with van der Waals surface area (Å²) in [5, 5.41) is 5.04. The maximum atomic E-state index is 12.8. The van der Waals surface area contributed by atoms with Crippen molar-refractivity contribution in [3.8, 4) is 0 Å². The number of halogens is 3.